The van der Waals surface area contributed by atoms with Crippen molar-refractivity contribution in [3.05, 3.63) is 45.5 Å². The van der Waals surface area contributed by atoms with E-state index in [0.717, 1.165) is 6.08 Å². The first kappa shape index (κ1) is 14.4. The second-order valence-corrected chi connectivity index (χ2v) is 3.43. The van der Waals surface area contributed by atoms with Gasteiger partial charge in [-0.15, -0.1) is 0 Å². The normalized spacial score (nSPS) is 10.9. The Bertz CT molecular complexity index is 532. The van der Waals surface area contributed by atoms with Crippen LogP contribution in [0.2, 0.25) is 0 Å². The summed E-state index contributed by atoms with van der Waals surface area (Å²) in [7, 11) is 0. The van der Waals surface area contributed by atoms with Gasteiger partial charge >= 0.3 is 11.9 Å². The van der Waals surface area contributed by atoms with Crippen LogP contribution in [0.4, 0.5) is 5.69 Å². The molecule has 100 valence electrons. The molecular weight excluding hydrogens is 254 g/mol. The third kappa shape index (κ3) is 3.91. The average molecular weight is 265 g/mol. The molecule has 0 unspecified atom stereocenters. The number of esters is 1. The molecule has 0 heterocycles. The summed E-state index contributed by atoms with van der Waals surface area (Å²) >= 11 is 0. The van der Waals surface area contributed by atoms with Gasteiger partial charge < -0.3 is 9.84 Å². The van der Waals surface area contributed by atoms with E-state index in [1.165, 1.54) is 24.3 Å². The van der Waals surface area contributed by atoms with Gasteiger partial charge in [-0.2, -0.15) is 0 Å². The van der Waals surface area contributed by atoms with Crippen LogP contribution < -0.4 is 0 Å². The molecule has 1 rings (SSSR count). The van der Waals surface area contributed by atoms with E-state index in [1.54, 1.807) is 6.92 Å². The summed E-state index contributed by atoms with van der Waals surface area (Å²) in [6, 6.07) is 5.13. The SMILES string of the molecule is CCOC(=O)C(=Cc1ccc([N+](=O)[O-])cc1)C(=O)O. The highest BCUT2D eigenvalue weighted by atomic mass is 16.6. The lowest BCUT2D eigenvalue weighted by atomic mass is 10.1. The van der Waals surface area contributed by atoms with Crippen molar-refractivity contribution < 1.29 is 24.4 Å². The number of rotatable bonds is 5. The molecule has 0 spiro atoms. The lowest BCUT2D eigenvalue weighted by Gasteiger charge is -2.02. The summed E-state index contributed by atoms with van der Waals surface area (Å²) in [6.07, 6.45) is 1.10. The topological polar surface area (TPSA) is 107 Å². The first-order valence-electron chi connectivity index (χ1n) is 5.32. The highest BCUT2D eigenvalue weighted by molar-refractivity contribution is 6.17. The fraction of sp³-hybridized carbons (Fsp3) is 0.167. The molecule has 0 aliphatic carbocycles. The van der Waals surface area contributed by atoms with Crippen LogP contribution in [0.15, 0.2) is 29.8 Å². The van der Waals surface area contributed by atoms with Crippen molar-refractivity contribution >= 4 is 23.7 Å². The number of nitro groups is 1. The maximum absolute atomic E-state index is 11.4. The summed E-state index contributed by atoms with van der Waals surface area (Å²) in [5.74, 6) is -2.37. The molecule has 0 saturated carbocycles. The molecule has 19 heavy (non-hydrogen) atoms. The van der Waals surface area contributed by atoms with Crippen LogP contribution in [0.25, 0.3) is 6.08 Å². The maximum atomic E-state index is 11.4. The van der Waals surface area contributed by atoms with Gasteiger partial charge in [-0.1, -0.05) is 0 Å². The van der Waals surface area contributed by atoms with E-state index in [9.17, 15) is 19.7 Å². The predicted octanol–water partition coefficient (Wildman–Crippen LogP) is 1.63. The third-order valence-corrected chi connectivity index (χ3v) is 2.14. The number of carboxylic acids is 1. The van der Waals surface area contributed by atoms with Crippen LogP contribution in [-0.2, 0) is 14.3 Å². The second kappa shape index (κ2) is 6.29. The van der Waals surface area contributed by atoms with Gasteiger partial charge in [0.1, 0.15) is 5.57 Å². The van der Waals surface area contributed by atoms with Gasteiger partial charge in [0.05, 0.1) is 11.5 Å². The van der Waals surface area contributed by atoms with Crippen molar-refractivity contribution in [3.8, 4) is 0 Å². The zero-order valence-corrected chi connectivity index (χ0v) is 10.0. The molecule has 0 amide bonds. The third-order valence-electron chi connectivity index (χ3n) is 2.14. The molecular formula is C12H11NO6. The minimum absolute atomic E-state index is 0.0592. The molecule has 0 aliphatic heterocycles. The van der Waals surface area contributed by atoms with Gasteiger partial charge in [-0.3, -0.25) is 10.1 Å². The number of nitrogens with zero attached hydrogens (tertiary/aromatic N) is 1. The molecule has 0 aliphatic rings. The molecule has 0 atom stereocenters. The maximum Gasteiger partial charge on any atom is 0.345 e. The van der Waals surface area contributed by atoms with Gasteiger partial charge in [0.15, 0.2) is 0 Å². The number of carbonyl (C=O) groups is 2. The van der Waals surface area contributed by atoms with E-state index in [0.29, 0.717) is 5.56 Å². The Kier molecular flexibility index (Phi) is 4.76. The van der Waals surface area contributed by atoms with Crippen molar-refractivity contribution in [3.63, 3.8) is 0 Å². The van der Waals surface area contributed by atoms with Gasteiger partial charge in [0.2, 0.25) is 0 Å². The van der Waals surface area contributed by atoms with Gasteiger partial charge in [0, 0.05) is 12.1 Å². The zero-order chi connectivity index (χ0) is 14.4. The average Bonchev–Trinajstić information content (AvgIpc) is 2.36. The van der Waals surface area contributed by atoms with Crippen LogP contribution >= 0.6 is 0 Å². The van der Waals surface area contributed by atoms with Crippen LogP contribution in [0.5, 0.6) is 0 Å². The van der Waals surface area contributed by atoms with E-state index in [4.69, 9.17) is 5.11 Å². The lowest BCUT2D eigenvalue weighted by molar-refractivity contribution is -0.384. The number of hydrogen-bond donors (Lipinski definition) is 1. The monoisotopic (exact) mass is 265 g/mol. The van der Waals surface area contributed by atoms with Crippen molar-refractivity contribution in [2.75, 3.05) is 6.61 Å². The summed E-state index contributed by atoms with van der Waals surface area (Å²) in [5.41, 5.74) is -0.295. The zero-order valence-electron chi connectivity index (χ0n) is 10.0. The fourth-order valence-corrected chi connectivity index (χ4v) is 1.28. The van der Waals surface area contributed by atoms with Crippen LogP contribution in [0.3, 0.4) is 0 Å². The largest absolute Gasteiger partial charge is 0.477 e. The number of hydrogen-bond acceptors (Lipinski definition) is 5. The Morgan fingerprint density at radius 1 is 1.37 bits per heavy atom. The number of ether oxygens (including phenoxy) is 1. The fourth-order valence-electron chi connectivity index (χ4n) is 1.28. The minimum Gasteiger partial charge on any atom is -0.477 e. The van der Waals surface area contributed by atoms with E-state index in [-0.39, 0.29) is 12.3 Å². The highest BCUT2D eigenvalue weighted by Gasteiger charge is 2.18. The molecule has 0 radical (unpaired) electrons. The van der Waals surface area contributed by atoms with Crippen molar-refractivity contribution in [1.82, 2.24) is 0 Å². The first-order valence-corrected chi connectivity index (χ1v) is 5.32. The second-order valence-electron chi connectivity index (χ2n) is 3.43. The number of nitro benzene ring substituents is 1. The molecule has 7 heteroatoms. The number of non-ortho nitro benzene ring substituents is 1. The number of aliphatic carboxylic acids is 1. The molecule has 1 N–H and O–H groups in total. The van der Waals surface area contributed by atoms with Crippen molar-refractivity contribution in [1.29, 1.82) is 0 Å². The summed E-state index contributed by atoms with van der Waals surface area (Å²) in [5, 5.41) is 19.4. The first-order chi connectivity index (χ1) is 8.95. The van der Waals surface area contributed by atoms with Gasteiger partial charge in [-0.25, -0.2) is 9.59 Å². The number of carbonyl (C=O) groups excluding carboxylic acids is 1. The molecule has 1 aromatic rings. The molecule has 0 saturated heterocycles. The standard InChI is InChI=1S/C12H11NO6/c1-2-19-12(16)10(11(14)15)7-8-3-5-9(6-4-8)13(17)18/h3-7H,2H2,1H3,(H,14,15). The summed E-state index contributed by atoms with van der Waals surface area (Å²) < 4.78 is 4.60. The van der Waals surface area contributed by atoms with E-state index < -0.39 is 22.4 Å². The van der Waals surface area contributed by atoms with E-state index >= 15 is 0 Å². The molecule has 7 nitrogen and oxygen atoms in total. The van der Waals surface area contributed by atoms with Crippen LogP contribution in [-0.4, -0.2) is 28.6 Å². The molecule has 1 aromatic carbocycles. The van der Waals surface area contributed by atoms with Gasteiger partial charge in [0.25, 0.3) is 5.69 Å². The van der Waals surface area contributed by atoms with Crippen molar-refractivity contribution in [2.24, 2.45) is 0 Å². The van der Waals surface area contributed by atoms with E-state index in [1.807, 2.05) is 0 Å². The smallest absolute Gasteiger partial charge is 0.345 e. The Morgan fingerprint density at radius 3 is 2.37 bits per heavy atom. The van der Waals surface area contributed by atoms with Crippen LogP contribution in [0, 0.1) is 10.1 Å². The number of benzene rings is 1. The molecule has 0 bridgehead atoms. The Labute approximate surface area is 108 Å². The predicted molar refractivity (Wildman–Crippen MR) is 65.3 cm³/mol. The quantitative estimate of drug-likeness (QED) is 0.216. The van der Waals surface area contributed by atoms with Gasteiger partial charge in [-0.05, 0) is 30.7 Å². The van der Waals surface area contributed by atoms with E-state index in [2.05, 4.69) is 4.74 Å². The lowest BCUT2D eigenvalue weighted by Crippen LogP contribution is -2.15. The summed E-state index contributed by atoms with van der Waals surface area (Å²) in [4.78, 5) is 32.2. The molecule has 0 aromatic heterocycles. The Balaban J connectivity index is 3.05. The summed E-state index contributed by atoms with van der Waals surface area (Å²) in [6.45, 7) is 1.62. The van der Waals surface area contributed by atoms with Crippen LogP contribution in [0.1, 0.15) is 12.5 Å². The highest BCUT2D eigenvalue weighted by Crippen LogP contribution is 2.15. The van der Waals surface area contributed by atoms with Crippen molar-refractivity contribution in [2.45, 2.75) is 6.92 Å². The number of carboxylic acid groups (broad SMARTS) is 1. The molecule has 0 fully saturated rings. The Hall–Kier alpha value is -2.70. The Morgan fingerprint density at radius 2 is 1.95 bits per heavy atom. The minimum atomic E-state index is -1.42.